The molecule has 2 nitrogen and oxygen atoms in total. The van der Waals surface area contributed by atoms with Crippen LogP contribution in [0.4, 0.5) is 0 Å². The maximum Gasteiger partial charge on any atom is 0.0315 e. The van der Waals surface area contributed by atoms with Gasteiger partial charge in [0.1, 0.15) is 0 Å². The fraction of sp³-hybridized carbons (Fsp3) is 0.688. The minimum atomic E-state index is 0.400. The molecule has 1 fully saturated rings. The molecule has 2 heteroatoms. The highest BCUT2D eigenvalue weighted by Gasteiger charge is 2.20. The summed E-state index contributed by atoms with van der Waals surface area (Å²) in [6.45, 7) is 4.59. The molecule has 1 unspecified atom stereocenters. The van der Waals surface area contributed by atoms with Crippen LogP contribution in [0.1, 0.15) is 64.0 Å². The van der Waals surface area contributed by atoms with Crippen LogP contribution in [-0.2, 0) is 0 Å². The SMILES string of the molecule is CC(N[C@H](C)C1CCCCCC1)c1cccnc1. The summed E-state index contributed by atoms with van der Waals surface area (Å²) in [5.41, 5.74) is 1.29. The van der Waals surface area contributed by atoms with Crippen molar-refractivity contribution in [3.05, 3.63) is 30.1 Å². The molecule has 1 saturated carbocycles. The van der Waals surface area contributed by atoms with E-state index in [1.54, 1.807) is 0 Å². The minimum Gasteiger partial charge on any atom is -0.307 e. The number of pyridine rings is 1. The fourth-order valence-corrected chi connectivity index (χ4v) is 3.07. The Morgan fingerprint density at radius 3 is 2.50 bits per heavy atom. The highest BCUT2D eigenvalue weighted by atomic mass is 14.9. The number of nitrogens with one attached hydrogen (secondary N) is 1. The van der Waals surface area contributed by atoms with E-state index >= 15 is 0 Å². The van der Waals surface area contributed by atoms with Crippen molar-refractivity contribution in [3.8, 4) is 0 Å². The predicted molar refractivity (Wildman–Crippen MR) is 76.4 cm³/mol. The van der Waals surface area contributed by atoms with Crippen molar-refractivity contribution in [2.24, 2.45) is 5.92 Å². The van der Waals surface area contributed by atoms with Crippen LogP contribution in [0.2, 0.25) is 0 Å². The second kappa shape index (κ2) is 6.89. The van der Waals surface area contributed by atoms with Gasteiger partial charge in [0, 0.05) is 24.5 Å². The predicted octanol–water partition coefficient (Wildman–Crippen LogP) is 4.09. The molecule has 0 aromatic carbocycles. The number of nitrogens with zero attached hydrogens (tertiary/aromatic N) is 1. The van der Waals surface area contributed by atoms with Gasteiger partial charge in [-0.05, 0) is 44.2 Å². The zero-order chi connectivity index (χ0) is 12.8. The van der Waals surface area contributed by atoms with Crippen molar-refractivity contribution in [1.82, 2.24) is 10.3 Å². The molecule has 1 aromatic heterocycles. The molecule has 100 valence electrons. The summed E-state index contributed by atoms with van der Waals surface area (Å²) in [6, 6.07) is 5.18. The quantitative estimate of drug-likeness (QED) is 0.809. The van der Waals surface area contributed by atoms with Crippen LogP contribution in [0.5, 0.6) is 0 Å². The van der Waals surface area contributed by atoms with Crippen LogP contribution >= 0.6 is 0 Å². The van der Waals surface area contributed by atoms with E-state index in [-0.39, 0.29) is 0 Å². The first-order chi connectivity index (χ1) is 8.77. The molecule has 0 bridgehead atoms. The first-order valence-electron chi connectivity index (χ1n) is 7.43. The normalized spacial score (nSPS) is 21.2. The summed E-state index contributed by atoms with van der Waals surface area (Å²) in [5, 5.41) is 3.75. The Morgan fingerprint density at radius 2 is 1.89 bits per heavy atom. The molecule has 1 heterocycles. The molecular weight excluding hydrogens is 220 g/mol. The summed E-state index contributed by atoms with van der Waals surface area (Å²) in [7, 11) is 0. The third-order valence-corrected chi connectivity index (χ3v) is 4.30. The molecule has 2 atom stereocenters. The van der Waals surface area contributed by atoms with Gasteiger partial charge < -0.3 is 5.32 Å². The van der Waals surface area contributed by atoms with Gasteiger partial charge in [-0.25, -0.2) is 0 Å². The lowest BCUT2D eigenvalue weighted by molar-refractivity contribution is 0.316. The van der Waals surface area contributed by atoms with E-state index in [0.717, 1.165) is 5.92 Å². The molecular formula is C16H26N2. The number of hydrogen-bond acceptors (Lipinski definition) is 2. The summed E-state index contributed by atoms with van der Waals surface area (Å²) >= 11 is 0. The van der Waals surface area contributed by atoms with Gasteiger partial charge in [-0.15, -0.1) is 0 Å². The molecule has 1 aliphatic rings. The standard InChI is InChI=1S/C16H26N2/c1-13(15-8-5-3-4-6-9-15)18-14(2)16-10-7-11-17-12-16/h7,10-15,18H,3-6,8-9H2,1-2H3/t13-,14?/m1/s1. The van der Waals surface area contributed by atoms with Gasteiger partial charge in [0.15, 0.2) is 0 Å². The largest absolute Gasteiger partial charge is 0.307 e. The Morgan fingerprint density at radius 1 is 1.17 bits per heavy atom. The summed E-state index contributed by atoms with van der Waals surface area (Å²) < 4.78 is 0. The lowest BCUT2D eigenvalue weighted by Gasteiger charge is -2.27. The summed E-state index contributed by atoms with van der Waals surface area (Å²) in [4.78, 5) is 4.20. The zero-order valence-electron chi connectivity index (χ0n) is 11.7. The first-order valence-corrected chi connectivity index (χ1v) is 7.43. The minimum absolute atomic E-state index is 0.400. The van der Waals surface area contributed by atoms with Crippen LogP contribution in [0.3, 0.4) is 0 Å². The molecule has 18 heavy (non-hydrogen) atoms. The highest BCUT2D eigenvalue weighted by molar-refractivity contribution is 5.13. The van der Waals surface area contributed by atoms with Gasteiger partial charge in [0.2, 0.25) is 0 Å². The maximum absolute atomic E-state index is 4.20. The number of aromatic nitrogens is 1. The van der Waals surface area contributed by atoms with Crippen molar-refractivity contribution >= 4 is 0 Å². The molecule has 0 saturated heterocycles. The van der Waals surface area contributed by atoms with E-state index in [1.807, 2.05) is 18.5 Å². The first kappa shape index (κ1) is 13.5. The Balaban J connectivity index is 1.88. The van der Waals surface area contributed by atoms with Crippen LogP contribution < -0.4 is 5.32 Å². The van der Waals surface area contributed by atoms with Gasteiger partial charge in [0.05, 0.1) is 0 Å². The van der Waals surface area contributed by atoms with E-state index in [9.17, 15) is 0 Å². The van der Waals surface area contributed by atoms with Gasteiger partial charge in [0.25, 0.3) is 0 Å². The topological polar surface area (TPSA) is 24.9 Å². The smallest absolute Gasteiger partial charge is 0.0315 e. The van der Waals surface area contributed by atoms with Crippen molar-refractivity contribution in [2.45, 2.75) is 64.5 Å². The van der Waals surface area contributed by atoms with Crippen LogP contribution in [0.15, 0.2) is 24.5 Å². The van der Waals surface area contributed by atoms with Crippen LogP contribution in [0, 0.1) is 5.92 Å². The van der Waals surface area contributed by atoms with E-state index in [1.165, 1.54) is 44.1 Å². The molecule has 1 N–H and O–H groups in total. The summed E-state index contributed by atoms with van der Waals surface area (Å²) in [5.74, 6) is 0.853. The van der Waals surface area contributed by atoms with Crippen LogP contribution in [-0.4, -0.2) is 11.0 Å². The van der Waals surface area contributed by atoms with Crippen molar-refractivity contribution in [1.29, 1.82) is 0 Å². The molecule has 0 aliphatic heterocycles. The van der Waals surface area contributed by atoms with E-state index in [2.05, 4.69) is 30.2 Å². The van der Waals surface area contributed by atoms with E-state index in [4.69, 9.17) is 0 Å². The fourth-order valence-electron chi connectivity index (χ4n) is 3.07. The Hall–Kier alpha value is -0.890. The van der Waals surface area contributed by atoms with Crippen LogP contribution in [0.25, 0.3) is 0 Å². The molecule has 1 aromatic rings. The van der Waals surface area contributed by atoms with Crippen molar-refractivity contribution in [3.63, 3.8) is 0 Å². The highest BCUT2D eigenvalue weighted by Crippen LogP contribution is 2.26. The third kappa shape index (κ3) is 3.81. The Kier molecular flexibility index (Phi) is 5.18. The molecule has 2 rings (SSSR count). The zero-order valence-corrected chi connectivity index (χ0v) is 11.7. The third-order valence-electron chi connectivity index (χ3n) is 4.30. The van der Waals surface area contributed by atoms with Gasteiger partial charge in [-0.1, -0.05) is 31.7 Å². The average Bonchev–Trinajstić information content (AvgIpc) is 2.68. The average molecular weight is 246 g/mol. The molecule has 0 amide bonds. The van der Waals surface area contributed by atoms with Crippen molar-refractivity contribution in [2.75, 3.05) is 0 Å². The van der Waals surface area contributed by atoms with Gasteiger partial charge in [-0.3, -0.25) is 4.98 Å². The monoisotopic (exact) mass is 246 g/mol. The lowest BCUT2D eigenvalue weighted by Crippen LogP contribution is -2.35. The molecule has 0 spiro atoms. The number of rotatable bonds is 4. The van der Waals surface area contributed by atoms with E-state index < -0.39 is 0 Å². The van der Waals surface area contributed by atoms with Gasteiger partial charge in [-0.2, -0.15) is 0 Å². The van der Waals surface area contributed by atoms with Gasteiger partial charge >= 0.3 is 0 Å². The lowest BCUT2D eigenvalue weighted by atomic mass is 9.92. The second-order valence-electron chi connectivity index (χ2n) is 5.72. The Labute approximate surface area is 111 Å². The molecule has 0 radical (unpaired) electrons. The second-order valence-corrected chi connectivity index (χ2v) is 5.72. The molecule has 1 aliphatic carbocycles. The number of hydrogen-bond donors (Lipinski definition) is 1. The van der Waals surface area contributed by atoms with Crippen molar-refractivity contribution < 1.29 is 0 Å². The van der Waals surface area contributed by atoms with E-state index in [0.29, 0.717) is 12.1 Å². The maximum atomic E-state index is 4.20. The summed E-state index contributed by atoms with van der Waals surface area (Å²) in [6.07, 6.45) is 12.3. The Bertz CT molecular complexity index is 328.